The minimum absolute atomic E-state index is 0.309. The first-order valence-electron chi connectivity index (χ1n) is 9.12. The predicted molar refractivity (Wildman–Crippen MR) is 95.7 cm³/mol. The average Bonchev–Trinajstić information content (AvgIpc) is 2.98. The molecule has 2 saturated heterocycles. The molecule has 3 heterocycles. The number of rotatable bonds is 3. The quantitative estimate of drug-likeness (QED) is 0.944. The first kappa shape index (κ1) is 15.6. The molecule has 1 aromatic carbocycles. The van der Waals surface area contributed by atoms with Gasteiger partial charge in [-0.3, -0.25) is 9.78 Å². The molecule has 0 saturated carbocycles. The van der Waals surface area contributed by atoms with E-state index in [0.29, 0.717) is 12.3 Å². The van der Waals surface area contributed by atoms with Crippen LogP contribution in [-0.2, 0) is 11.2 Å². The van der Waals surface area contributed by atoms with E-state index in [2.05, 4.69) is 21.3 Å². The van der Waals surface area contributed by atoms with Crippen LogP contribution in [0.2, 0.25) is 0 Å². The van der Waals surface area contributed by atoms with Crippen LogP contribution in [0, 0.1) is 11.8 Å². The molecule has 2 aliphatic rings. The summed E-state index contributed by atoms with van der Waals surface area (Å²) in [4.78, 5) is 19.2. The zero-order chi connectivity index (χ0) is 16.4. The van der Waals surface area contributed by atoms with Gasteiger partial charge in [-0.15, -0.1) is 0 Å². The molecule has 126 valence electrons. The second kappa shape index (κ2) is 6.89. The number of hydrogen-bond donors (Lipinski definition) is 1. The summed E-state index contributed by atoms with van der Waals surface area (Å²) in [5.41, 5.74) is 2.24. The predicted octanol–water partition coefficient (Wildman–Crippen LogP) is 2.63. The Morgan fingerprint density at radius 3 is 2.67 bits per heavy atom. The van der Waals surface area contributed by atoms with Crippen molar-refractivity contribution in [3.8, 4) is 0 Å². The molecule has 0 radical (unpaired) electrons. The van der Waals surface area contributed by atoms with Gasteiger partial charge in [0.15, 0.2) is 0 Å². The Morgan fingerprint density at radius 1 is 1.12 bits per heavy atom. The number of aromatic nitrogens is 1. The van der Waals surface area contributed by atoms with Gasteiger partial charge in [-0.1, -0.05) is 18.2 Å². The fraction of sp³-hybridized carbons (Fsp3) is 0.500. The van der Waals surface area contributed by atoms with Crippen molar-refractivity contribution in [3.63, 3.8) is 0 Å². The normalized spacial score (nSPS) is 23.9. The molecule has 0 unspecified atom stereocenters. The highest BCUT2D eigenvalue weighted by Crippen LogP contribution is 2.27. The van der Waals surface area contributed by atoms with Gasteiger partial charge in [0, 0.05) is 31.1 Å². The average molecular weight is 323 g/mol. The van der Waals surface area contributed by atoms with E-state index in [1.54, 1.807) is 0 Å². The zero-order valence-corrected chi connectivity index (χ0v) is 14.1. The number of likely N-dealkylation sites (tertiary alicyclic amines) is 1. The lowest BCUT2D eigenvalue weighted by Gasteiger charge is -2.21. The first-order valence-corrected chi connectivity index (χ1v) is 9.12. The zero-order valence-electron chi connectivity index (χ0n) is 14.1. The second-order valence-corrected chi connectivity index (χ2v) is 7.12. The fourth-order valence-corrected chi connectivity index (χ4v) is 4.24. The van der Waals surface area contributed by atoms with Crippen LogP contribution >= 0.6 is 0 Å². The molecule has 1 N–H and O–H groups in total. The van der Waals surface area contributed by atoms with Crippen LogP contribution < -0.4 is 5.32 Å². The van der Waals surface area contributed by atoms with E-state index >= 15 is 0 Å². The Labute approximate surface area is 143 Å². The van der Waals surface area contributed by atoms with E-state index in [1.807, 2.05) is 30.5 Å². The SMILES string of the molecule is O=C(CCc1ccnc2ccccc12)N1CC[C@@H]2CNC[C@@H]2CC1. The highest BCUT2D eigenvalue weighted by molar-refractivity contribution is 5.83. The number of amides is 1. The van der Waals surface area contributed by atoms with Crippen LogP contribution in [-0.4, -0.2) is 42.0 Å². The van der Waals surface area contributed by atoms with Crippen LogP contribution in [0.3, 0.4) is 0 Å². The van der Waals surface area contributed by atoms with E-state index in [-0.39, 0.29) is 0 Å². The molecule has 1 amide bonds. The maximum Gasteiger partial charge on any atom is 0.222 e. The summed E-state index contributed by atoms with van der Waals surface area (Å²) < 4.78 is 0. The molecule has 4 heteroatoms. The summed E-state index contributed by atoms with van der Waals surface area (Å²) in [5.74, 6) is 1.85. The molecular weight excluding hydrogens is 298 g/mol. The van der Waals surface area contributed by atoms with Gasteiger partial charge >= 0.3 is 0 Å². The van der Waals surface area contributed by atoms with Crippen molar-refractivity contribution in [1.82, 2.24) is 15.2 Å². The third-order valence-electron chi connectivity index (χ3n) is 5.72. The van der Waals surface area contributed by atoms with Gasteiger partial charge in [0.05, 0.1) is 5.52 Å². The van der Waals surface area contributed by atoms with Crippen molar-refractivity contribution in [2.75, 3.05) is 26.2 Å². The summed E-state index contributed by atoms with van der Waals surface area (Å²) in [6, 6.07) is 10.2. The smallest absolute Gasteiger partial charge is 0.222 e. The Balaban J connectivity index is 1.39. The number of pyridine rings is 1. The lowest BCUT2D eigenvalue weighted by Crippen LogP contribution is -2.32. The number of aryl methyl sites for hydroxylation is 1. The lowest BCUT2D eigenvalue weighted by molar-refractivity contribution is -0.131. The van der Waals surface area contributed by atoms with Crippen LogP contribution in [0.1, 0.15) is 24.8 Å². The highest BCUT2D eigenvalue weighted by Gasteiger charge is 2.31. The number of benzene rings is 1. The number of carbonyl (C=O) groups is 1. The molecular formula is C20H25N3O. The van der Waals surface area contributed by atoms with Crippen molar-refractivity contribution in [3.05, 3.63) is 42.1 Å². The first-order chi connectivity index (χ1) is 11.8. The van der Waals surface area contributed by atoms with E-state index in [4.69, 9.17) is 0 Å². The van der Waals surface area contributed by atoms with Crippen LogP contribution in [0.25, 0.3) is 10.9 Å². The Kier molecular flexibility index (Phi) is 4.48. The number of para-hydroxylation sites is 1. The third-order valence-corrected chi connectivity index (χ3v) is 5.72. The van der Waals surface area contributed by atoms with Crippen LogP contribution in [0.15, 0.2) is 36.5 Å². The van der Waals surface area contributed by atoms with Gasteiger partial charge in [-0.25, -0.2) is 0 Å². The minimum atomic E-state index is 0.309. The molecule has 4 nitrogen and oxygen atoms in total. The Morgan fingerprint density at radius 2 is 1.88 bits per heavy atom. The molecule has 2 aliphatic heterocycles. The maximum atomic E-state index is 12.7. The van der Waals surface area contributed by atoms with Gasteiger partial charge in [0.1, 0.15) is 0 Å². The number of fused-ring (bicyclic) bond motifs is 2. The van der Waals surface area contributed by atoms with E-state index < -0.39 is 0 Å². The summed E-state index contributed by atoms with van der Waals surface area (Å²) in [6.07, 6.45) is 5.56. The van der Waals surface area contributed by atoms with Gasteiger partial charge < -0.3 is 10.2 Å². The number of hydrogen-bond acceptors (Lipinski definition) is 3. The molecule has 2 aromatic rings. The Bertz CT molecular complexity index is 710. The van der Waals surface area contributed by atoms with Gasteiger partial charge in [-0.2, -0.15) is 0 Å². The van der Waals surface area contributed by atoms with Crippen molar-refractivity contribution in [1.29, 1.82) is 0 Å². The van der Waals surface area contributed by atoms with Gasteiger partial charge in [0.25, 0.3) is 0 Å². The van der Waals surface area contributed by atoms with Crippen molar-refractivity contribution in [2.24, 2.45) is 11.8 Å². The fourth-order valence-electron chi connectivity index (χ4n) is 4.24. The van der Waals surface area contributed by atoms with Crippen molar-refractivity contribution in [2.45, 2.75) is 25.7 Å². The second-order valence-electron chi connectivity index (χ2n) is 7.12. The Hall–Kier alpha value is -1.94. The minimum Gasteiger partial charge on any atom is -0.343 e. The standard InChI is InChI=1S/C20H25N3O/c24-20(23-11-8-16-13-21-14-17(16)9-12-23)6-5-15-7-10-22-19-4-2-1-3-18(15)19/h1-4,7,10,16-17,21H,5-6,8-9,11-14H2/t16-,17+. The van der Waals surface area contributed by atoms with Crippen LogP contribution in [0.4, 0.5) is 0 Å². The largest absolute Gasteiger partial charge is 0.343 e. The van der Waals surface area contributed by atoms with Crippen molar-refractivity contribution >= 4 is 16.8 Å². The summed E-state index contributed by atoms with van der Waals surface area (Å²) in [6.45, 7) is 4.13. The summed E-state index contributed by atoms with van der Waals surface area (Å²) in [5, 5.41) is 4.66. The molecule has 0 aliphatic carbocycles. The highest BCUT2D eigenvalue weighted by atomic mass is 16.2. The van der Waals surface area contributed by atoms with Gasteiger partial charge in [0.2, 0.25) is 5.91 Å². The molecule has 24 heavy (non-hydrogen) atoms. The van der Waals surface area contributed by atoms with Crippen LogP contribution in [0.5, 0.6) is 0 Å². The maximum absolute atomic E-state index is 12.7. The molecule has 1 aromatic heterocycles. The lowest BCUT2D eigenvalue weighted by atomic mass is 9.92. The molecule has 0 bridgehead atoms. The molecule has 0 spiro atoms. The molecule has 2 atom stereocenters. The summed E-state index contributed by atoms with van der Waals surface area (Å²) in [7, 11) is 0. The monoisotopic (exact) mass is 323 g/mol. The van der Waals surface area contributed by atoms with Crippen molar-refractivity contribution < 1.29 is 4.79 Å². The number of nitrogens with zero attached hydrogens (tertiary/aromatic N) is 2. The molecule has 2 fully saturated rings. The number of nitrogens with one attached hydrogen (secondary N) is 1. The number of carbonyl (C=O) groups excluding carboxylic acids is 1. The molecule has 4 rings (SSSR count). The third kappa shape index (κ3) is 3.16. The van der Waals surface area contributed by atoms with E-state index in [1.165, 1.54) is 10.9 Å². The topological polar surface area (TPSA) is 45.2 Å². The van der Waals surface area contributed by atoms with E-state index in [9.17, 15) is 4.79 Å². The van der Waals surface area contributed by atoms with E-state index in [0.717, 1.165) is 62.8 Å². The van der Waals surface area contributed by atoms with Gasteiger partial charge in [-0.05, 0) is 61.9 Å². The summed E-state index contributed by atoms with van der Waals surface area (Å²) >= 11 is 0.